The highest BCUT2D eigenvalue weighted by atomic mass is 16.5. The van der Waals surface area contributed by atoms with Gasteiger partial charge in [-0.05, 0) is 55.7 Å². The summed E-state index contributed by atoms with van der Waals surface area (Å²) in [7, 11) is 1.66. The smallest absolute Gasteiger partial charge is 0.233 e. The molecule has 1 amide bonds. The third kappa shape index (κ3) is 3.11. The number of amides is 1. The molecular weight excluding hydrogens is 342 g/mol. The highest BCUT2D eigenvalue weighted by molar-refractivity contribution is 5.91. The van der Waals surface area contributed by atoms with Crippen LogP contribution in [-0.2, 0) is 16.6 Å². The molecule has 0 N–H and O–H groups in total. The number of likely N-dealkylation sites (tertiary alicyclic amines) is 1. The minimum absolute atomic E-state index is 0.280. The number of nitrogens with zero attached hydrogens (tertiary/aromatic N) is 3. The Labute approximate surface area is 158 Å². The van der Waals surface area contributed by atoms with E-state index in [1.54, 1.807) is 7.11 Å². The first-order valence-electron chi connectivity index (χ1n) is 9.94. The van der Waals surface area contributed by atoms with Crippen LogP contribution in [0.3, 0.4) is 0 Å². The molecule has 0 spiro atoms. The SMILES string of the molecule is COc1ccc(C2(C(=O)N3CCC(Cc4noc(C5CC5)n4)C3)CC2)cc1. The zero-order chi connectivity index (χ0) is 18.4. The molecule has 2 aliphatic carbocycles. The molecule has 5 rings (SSSR count). The summed E-state index contributed by atoms with van der Waals surface area (Å²) in [6.07, 6.45) is 6.03. The van der Waals surface area contributed by atoms with E-state index in [0.717, 1.165) is 61.8 Å². The maximum atomic E-state index is 13.2. The van der Waals surface area contributed by atoms with Gasteiger partial charge in [-0.2, -0.15) is 4.98 Å². The fourth-order valence-electron chi connectivity index (χ4n) is 4.25. The van der Waals surface area contributed by atoms with Gasteiger partial charge in [0.05, 0.1) is 12.5 Å². The molecule has 142 valence electrons. The van der Waals surface area contributed by atoms with Gasteiger partial charge in [-0.15, -0.1) is 0 Å². The molecule has 27 heavy (non-hydrogen) atoms. The summed E-state index contributed by atoms with van der Waals surface area (Å²) in [6.45, 7) is 1.62. The van der Waals surface area contributed by atoms with E-state index in [0.29, 0.717) is 11.8 Å². The molecule has 1 aromatic heterocycles. The van der Waals surface area contributed by atoms with E-state index in [-0.39, 0.29) is 11.3 Å². The normalized spacial score (nSPS) is 23.4. The van der Waals surface area contributed by atoms with Gasteiger partial charge in [0.25, 0.3) is 0 Å². The van der Waals surface area contributed by atoms with Gasteiger partial charge in [0, 0.05) is 25.4 Å². The van der Waals surface area contributed by atoms with Crippen molar-refractivity contribution in [3.63, 3.8) is 0 Å². The maximum Gasteiger partial charge on any atom is 0.233 e. The average Bonchev–Trinajstić information content (AvgIpc) is 3.62. The van der Waals surface area contributed by atoms with Crippen molar-refractivity contribution >= 4 is 5.91 Å². The Morgan fingerprint density at radius 3 is 2.70 bits per heavy atom. The number of benzene rings is 1. The summed E-state index contributed by atoms with van der Waals surface area (Å²) >= 11 is 0. The molecule has 1 aromatic carbocycles. The number of carbonyl (C=O) groups excluding carboxylic acids is 1. The van der Waals surface area contributed by atoms with Crippen molar-refractivity contribution in [2.24, 2.45) is 5.92 Å². The lowest BCUT2D eigenvalue weighted by Crippen LogP contribution is -2.38. The number of methoxy groups -OCH3 is 1. The van der Waals surface area contributed by atoms with Crippen LogP contribution < -0.4 is 4.74 Å². The second kappa shape index (κ2) is 6.36. The van der Waals surface area contributed by atoms with Crippen LogP contribution in [0.15, 0.2) is 28.8 Å². The van der Waals surface area contributed by atoms with Gasteiger partial charge in [-0.1, -0.05) is 17.3 Å². The first-order chi connectivity index (χ1) is 13.2. The van der Waals surface area contributed by atoms with Crippen molar-refractivity contribution in [2.75, 3.05) is 20.2 Å². The summed E-state index contributed by atoms with van der Waals surface area (Å²) in [5, 5.41) is 4.13. The lowest BCUT2D eigenvalue weighted by Gasteiger charge is -2.23. The first-order valence-corrected chi connectivity index (χ1v) is 9.94. The molecule has 2 heterocycles. The number of aromatic nitrogens is 2. The summed E-state index contributed by atoms with van der Waals surface area (Å²) in [4.78, 5) is 19.8. The monoisotopic (exact) mass is 367 g/mol. The second-order valence-electron chi connectivity index (χ2n) is 8.24. The van der Waals surface area contributed by atoms with Crippen molar-refractivity contribution in [3.05, 3.63) is 41.5 Å². The Morgan fingerprint density at radius 2 is 2.04 bits per heavy atom. The predicted molar refractivity (Wildman–Crippen MR) is 98.6 cm³/mol. The molecule has 0 radical (unpaired) electrons. The molecule has 6 nitrogen and oxygen atoms in total. The van der Waals surface area contributed by atoms with Gasteiger partial charge in [0.2, 0.25) is 11.8 Å². The number of hydrogen-bond donors (Lipinski definition) is 0. The first kappa shape index (κ1) is 16.8. The fraction of sp³-hybridized carbons (Fsp3) is 0.571. The molecule has 1 aliphatic heterocycles. The standard InChI is InChI=1S/C21H25N3O3/c1-26-17-6-4-16(5-7-17)21(9-10-21)20(25)24-11-8-14(13-24)12-18-22-19(27-23-18)15-2-3-15/h4-7,14-15H,2-3,8-13H2,1H3. The van der Waals surface area contributed by atoms with E-state index >= 15 is 0 Å². The molecule has 2 saturated carbocycles. The van der Waals surface area contributed by atoms with E-state index in [2.05, 4.69) is 10.1 Å². The summed E-state index contributed by atoms with van der Waals surface area (Å²) in [5.41, 5.74) is 0.802. The number of rotatable bonds is 6. The van der Waals surface area contributed by atoms with Gasteiger partial charge in [0.1, 0.15) is 5.75 Å². The van der Waals surface area contributed by atoms with Gasteiger partial charge in [-0.25, -0.2) is 0 Å². The van der Waals surface area contributed by atoms with Crippen LogP contribution in [0.25, 0.3) is 0 Å². The molecule has 6 heteroatoms. The average molecular weight is 367 g/mol. The number of carbonyl (C=O) groups is 1. The Morgan fingerprint density at radius 1 is 1.26 bits per heavy atom. The summed E-state index contributed by atoms with van der Waals surface area (Å²) in [6, 6.07) is 7.97. The largest absolute Gasteiger partial charge is 0.497 e. The van der Waals surface area contributed by atoms with Crippen molar-refractivity contribution < 1.29 is 14.1 Å². The molecule has 0 bridgehead atoms. The van der Waals surface area contributed by atoms with E-state index in [9.17, 15) is 4.79 Å². The highest BCUT2D eigenvalue weighted by Gasteiger charge is 2.53. The van der Waals surface area contributed by atoms with Gasteiger partial charge in [0.15, 0.2) is 5.82 Å². The molecule has 1 saturated heterocycles. The van der Waals surface area contributed by atoms with Crippen LogP contribution in [0.2, 0.25) is 0 Å². The van der Waals surface area contributed by atoms with Crippen LogP contribution in [0.4, 0.5) is 0 Å². The number of hydrogen-bond acceptors (Lipinski definition) is 5. The molecule has 2 aromatic rings. The topological polar surface area (TPSA) is 68.5 Å². The van der Waals surface area contributed by atoms with Crippen molar-refractivity contribution in [2.45, 2.75) is 49.9 Å². The quantitative estimate of drug-likeness (QED) is 0.785. The Hall–Kier alpha value is -2.37. The molecule has 3 aliphatic rings. The lowest BCUT2D eigenvalue weighted by atomic mass is 9.94. The highest BCUT2D eigenvalue weighted by Crippen LogP contribution is 2.50. The maximum absolute atomic E-state index is 13.2. The molecule has 1 atom stereocenters. The van der Waals surface area contributed by atoms with Crippen molar-refractivity contribution in [3.8, 4) is 5.75 Å². The van der Waals surface area contributed by atoms with Crippen LogP contribution in [-0.4, -0.2) is 41.1 Å². The van der Waals surface area contributed by atoms with E-state index in [1.807, 2.05) is 29.2 Å². The van der Waals surface area contributed by atoms with E-state index in [4.69, 9.17) is 9.26 Å². The molecule has 1 unspecified atom stereocenters. The van der Waals surface area contributed by atoms with Crippen LogP contribution in [0.1, 0.15) is 55.3 Å². The Bertz CT molecular complexity index is 837. The Kier molecular flexibility index (Phi) is 3.95. The predicted octanol–water partition coefficient (Wildman–Crippen LogP) is 3.08. The third-order valence-electron chi connectivity index (χ3n) is 6.26. The van der Waals surface area contributed by atoms with Crippen LogP contribution in [0, 0.1) is 5.92 Å². The third-order valence-corrected chi connectivity index (χ3v) is 6.26. The zero-order valence-corrected chi connectivity index (χ0v) is 15.7. The van der Waals surface area contributed by atoms with Gasteiger partial charge >= 0.3 is 0 Å². The zero-order valence-electron chi connectivity index (χ0n) is 15.7. The number of ether oxygens (including phenoxy) is 1. The fourth-order valence-corrected chi connectivity index (χ4v) is 4.25. The van der Waals surface area contributed by atoms with Crippen LogP contribution in [0.5, 0.6) is 5.75 Å². The Balaban J connectivity index is 1.23. The van der Waals surface area contributed by atoms with Crippen LogP contribution >= 0.6 is 0 Å². The van der Waals surface area contributed by atoms with Gasteiger partial charge in [-0.3, -0.25) is 4.79 Å². The minimum Gasteiger partial charge on any atom is -0.497 e. The van der Waals surface area contributed by atoms with E-state index < -0.39 is 0 Å². The second-order valence-corrected chi connectivity index (χ2v) is 8.24. The van der Waals surface area contributed by atoms with E-state index in [1.165, 1.54) is 12.8 Å². The molecular formula is C21H25N3O3. The summed E-state index contributed by atoms with van der Waals surface area (Å²) < 4.78 is 10.6. The molecule has 3 fully saturated rings. The van der Waals surface area contributed by atoms with Gasteiger partial charge < -0.3 is 14.2 Å². The van der Waals surface area contributed by atoms with Crippen molar-refractivity contribution in [1.82, 2.24) is 15.0 Å². The lowest BCUT2D eigenvalue weighted by molar-refractivity contribution is -0.133. The minimum atomic E-state index is -0.313. The summed E-state index contributed by atoms with van der Waals surface area (Å²) in [5.74, 6) is 3.62. The van der Waals surface area contributed by atoms with Crippen molar-refractivity contribution in [1.29, 1.82) is 0 Å².